The molecular weight excluding hydrogens is 348 g/mol. The fourth-order valence-electron chi connectivity index (χ4n) is 3.22. The molecule has 1 aliphatic heterocycles. The highest BCUT2D eigenvalue weighted by Gasteiger charge is 2.25. The first-order chi connectivity index (χ1) is 13.1. The average Bonchev–Trinajstić information content (AvgIpc) is 3.15. The van der Waals surface area contributed by atoms with E-state index in [1.165, 1.54) is 0 Å². The van der Waals surface area contributed by atoms with Crippen molar-refractivity contribution >= 4 is 5.91 Å². The van der Waals surface area contributed by atoms with Gasteiger partial charge in [-0.05, 0) is 30.7 Å². The van der Waals surface area contributed by atoms with Crippen molar-refractivity contribution in [3.05, 3.63) is 41.2 Å². The van der Waals surface area contributed by atoms with E-state index in [1.54, 1.807) is 20.3 Å². The van der Waals surface area contributed by atoms with E-state index < -0.39 is 0 Å². The average molecular weight is 374 g/mol. The van der Waals surface area contributed by atoms with Gasteiger partial charge in [-0.1, -0.05) is 6.07 Å². The van der Waals surface area contributed by atoms with Crippen molar-refractivity contribution in [3.63, 3.8) is 0 Å². The van der Waals surface area contributed by atoms with Gasteiger partial charge < -0.3 is 19.5 Å². The van der Waals surface area contributed by atoms with E-state index in [4.69, 9.17) is 14.2 Å². The van der Waals surface area contributed by atoms with E-state index >= 15 is 0 Å². The number of rotatable bonds is 7. The second-order valence-corrected chi connectivity index (χ2v) is 6.42. The Hall–Kier alpha value is -2.58. The van der Waals surface area contributed by atoms with Crippen LogP contribution in [0.15, 0.2) is 24.3 Å². The zero-order valence-corrected chi connectivity index (χ0v) is 15.9. The van der Waals surface area contributed by atoms with Crippen LogP contribution in [0.25, 0.3) is 0 Å². The number of methoxy groups -OCH3 is 2. The lowest BCUT2D eigenvalue weighted by atomic mass is 10.0. The van der Waals surface area contributed by atoms with Crippen LogP contribution >= 0.6 is 0 Å². The molecule has 0 spiro atoms. The largest absolute Gasteiger partial charge is 0.493 e. The number of benzene rings is 1. The Morgan fingerprint density at radius 3 is 2.63 bits per heavy atom. The molecule has 8 heteroatoms. The van der Waals surface area contributed by atoms with E-state index in [1.807, 2.05) is 25.1 Å². The van der Waals surface area contributed by atoms with Gasteiger partial charge in [-0.15, -0.1) is 0 Å². The van der Waals surface area contributed by atoms with Gasteiger partial charge in [0, 0.05) is 25.3 Å². The Balaban J connectivity index is 1.79. The van der Waals surface area contributed by atoms with E-state index in [2.05, 4.69) is 20.4 Å². The Labute approximate surface area is 158 Å². The summed E-state index contributed by atoms with van der Waals surface area (Å²) in [7, 11) is 3.23. The zero-order chi connectivity index (χ0) is 19.2. The lowest BCUT2D eigenvalue weighted by Crippen LogP contribution is -2.43. The van der Waals surface area contributed by atoms with Gasteiger partial charge in [-0.2, -0.15) is 5.10 Å². The number of aromatic nitrogens is 2. The molecule has 27 heavy (non-hydrogen) atoms. The molecule has 1 amide bonds. The quantitative estimate of drug-likeness (QED) is 0.764. The summed E-state index contributed by atoms with van der Waals surface area (Å²) in [5, 5.41) is 9.81. The summed E-state index contributed by atoms with van der Waals surface area (Å²) >= 11 is 0. The molecule has 3 rings (SSSR count). The van der Waals surface area contributed by atoms with Crippen molar-refractivity contribution in [2.24, 2.45) is 0 Å². The molecule has 2 aromatic rings. The topological polar surface area (TPSA) is 88.7 Å². The number of aromatic amines is 1. The lowest BCUT2D eigenvalue weighted by Gasteiger charge is -2.35. The first-order valence-electron chi connectivity index (χ1n) is 8.96. The molecule has 0 radical (unpaired) electrons. The second-order valence-electron chi connectivity index (χ2n) is 6.42. The maximum atomic E-state index is 12.4. The second kappa shape index (κ2) is 8.88. The minimum Gasteiger partial charge on any atom is -0.493 e. The van der Waals surface area contributed by atoms with Gasteiger partial charge in [0.15, 0.2) is 11.5 Å². The normalized spacial score (nSPS) is 16.0. The number of morpholine rings is 1. The van der Waals surface area contributed by atoms with Crippen LogP contribution in [0.2, 0.25) is 0 Å². The molecule has 2 heterocycles. The Morgan fingerprint density at radius 2 is 2.00 bits per heavy atom. The monoisotopic (exact) mass is 374 g/mol. The van der Waals surface area contributed by atoms with Crippen LogP contribution in [0.1, 0.15) is 27.8 Å². The molecule has 1 aliphatic rings. The minimum atomic E-state index is -0.196. The third kappa shape index (κ3) is 4.58. The van der Waals surface area contributed by atoms with E-state index in [0.717, 1.165) is 24.3 Å². The predicted molar refractivity (Wildman–Crippen MR) is 100 cm³/mol. The number of carbonyl (C=O) groups is 1. The van der Waals surface area contributed by atoms with Crippen molar-refractivity contribution in [1.29, 1.82) is 0 Å². The van der Waals surface area contributed by atoms with Gasteiger partial charge in [-0.3, -0.25) is 14.8 Å². The summed E-state index contributed by atoms with van der Waals surface area (Å²) in [6.45, 7) is 5.28. The summed E-state index contributed by atoms with van der Waals surface area (Å²) in [5.74, 6) is 1.15. The van der Waals surface area contributed by atoms with Crippen LogP contribution in [0.3, 0.4) is 0 Å². The summed E-state index contributed by atoms with van der Waals surface area (Å²) in [6, 6.07) is 7.59. The molecule has 1 saturated heterocycles. The molecule has 2 N–H and O–H groups in total. The summed E-state index contributed by atoms with van der Waals surface area (Å²) in [6.07, 6.45) is 0. The number of nitrogens with one attached hydrogen (secondary N) is 2. The van der Waals surface area contributed by atoms with Crippen LogP contribution in [0.4, 0.5) is 0 Å². The molecule has 8 nitrogen and oxygen atoms in total. The molecule has 0 saturated carbocycles. The van der Waals surface area contributed by atoms with E-state index in [9.17, 15) is 4.79 Å². The number of amides is 1. The highest BCUT2D eigenvalue weighted by Crippen LogP contribution is 2.32. The minimum absolute atomic E-state index is 0.00213. The highest BCUT2D eigenvalue weighted by atomic mass is 16.5. The van der Waals surface area contributed by atoms with Crippen molar-refractivity contribution in [1.82, 2.24) is 20.4 Å². The molecule has 0 bridgehead atoms. The zero-order valence-electron chi connectivity index (χ0n) is 15.9. The van der Waals surface area contributed by atoms with E-state index in [0.29, 0.717) is 37.0 Å². The summed E-state index contributed by atoms with van der Waals surface area (Å²) < 4.78 is 16.3. The maximum absolute atomic E-state index is 12.4. The number of aryl methyl sites for hydroxylation is 1. The number of H-pyrrole nitrogens is 1. The molecule has 1 fully saturated rings. The molecule has 146 valence electrons. The SMILES string of the molecule is COc1ccc(C(CNC(=O)c2cc(C)[nH]n2)N2CCOCC2)cc1OC. The van der Waals surface area contributed by atoms with Crippen molar-refractivity contribution in [3.8, 4) is 11.5 Å². The van der Waals surface area contributed by atoms with Gasteiger partial charge in [-0.25, -0.2) is 0 Å². The first-order valence-corrected chi connectivity index (χ1v) is 8.96. The molecule has 1 atom stereocenters. The molecule has 1 unspecified atom stereocenters. The number of carbonyl (C=O) groups excluding carboxylic acids is 1. The van der Waals surface area contributed by atoms with Crippen molar-refractivity contribution in [2.45, 2.75) is 13.0 Å². The van der Waals surface area contributed by atoms with Crippen molar-refractivity contribution in [2.75, 3.05) is 47.1 Å². The number of hydrogen-bond donors (Lipinski definition) is 2. The van der Waals surface area contributed by atoms with Gasteiger partial charge in [0.2, 0.25) is 0 Å². The van der Waals surface area contributed by atoms with Crippen molar-refractivity contribution < 1.29 is 19.0 Å². The van der Waals surface area contributed by atoms with Gasteiger partial charge in [0.05, 0.1) is 33.5 Å². The highest BCUT2D eigenvalue weighted by molar-refractivity contribution is 5.92. The molecule has 1 aromatic heterocycles. The number of hydrogen-bond acceptors (Lipinski definition) is 6. The van der Waals surface area contributed by atoms with Crippen LogP contribution in [-0.4, -0.2) is 68.1 Å². The van der Waals surface area contributed by atoms with Crippen LogP contribution in [0.5, 0.6) is 11.5 Å². The Bertz CT molecular complexity index is 771. The molecule has 0 aliphatic carbocycles. The molecule has 1 aromatic carbocycles. The van der Waals surface area contributed by atoms with E-state index in [-0.39, 0.29) is 11.9 Å². The number of nitrogens with zero attached hydrogens (tertiary/aromatic N) is 2. The van der Waals surface area contributed by atoms with Crippen LogP contribution in [0, 0.1) is 6.92 Å². The predicted octanol–water partition coefficient (Wildman–Crippen LogP) is 1.54. The van der Waals surface area contributed by atoms with Gasteiger partial charge >= 0.3 is 0 Å². The third-order valence-corrected chi connectivity index (χ3v) is 4.67. The smallest absolute Gasteiger partial charge is 0.271 e. The molecular formula is C19H26N4O4. The third-order valence-electron chi connectivity index (χ3n) is 4.67. The fourth-order valence-corrected chi connectivity index (χ4v) is 3.22. The van der Waals surface area contributed by atoms with Crippen LogP contribution < -0.4 is 14.8 Å². The van der Waals surface area contributed by atoms with Crippen LogP contribution in [-0.2, 0) is 4.74 Å². The Morgan fingerprint density at radius 1 is 1.26 bits per heavy atom. The summed E-state index contributed by atoms with van der Waals surface area (Å²) in [4.78, 5) is 14.7. The standard InChI is InChI=1S/C19H26N4O4/c1-13-10-15(22-21-13)19(24)20-12-16(23-6-8-27-9-7-23)14-4-5-17(25-2)18(11-14)26-3/h4-5,10-11,16H,6-9,12H2,1-3H3,(H,20,24)(H,21,22). The lowest BCUT2D eigenvalue weighted by molar-refractivity contribution is 0.0161. The maximum Gasteiger partial charge on any atom is 0.271 e. The fraction of sp³-hybridized carbons (Fsp3) is 0.474. The van der Waals surface area contributed by atoms with Gasteiger partial charge in [0.1, 0.15) is 5.69 Å². The van der Waals surface area contributed by atoms with Gasteiger partial charge in [0.25, 0.3) is 5.91 Å². The number of ether oxygens (including phenoxy) is 3. The summed E-state index contributed by atoms with van der Waals surface area (Å²) in [5.41, 5.74) is 2.29. The first kappa shape index (κ1) is 19.2. The Kier molecular flexibility index (Phi) is 6.31.